The highest BCUT2D eigenvalue weighted by Gasteiger charge is 2.31. The molecule has 0 aliphatic carbocycles. The standard InChI is InChI=1S/C18H25N3/c1-3-18(4-2)14-21(12-11-20-18)13-15-9-10-19-17-8-6-5-7-16(15)17/h5-10,20H,3-4,11-14H2,1-2H3. The monoisotopic (exact) mass is 283 g/mol. The van der Waals surface area contributed by atoms with Crippen molar-refractivity contribution in [3.63, 3.8) is 0 Å². The number of rotatable bonds is 4. The Balaban J connectivity index is 1.82. The van der Waals surface area contributed by atoms with Gasteiger partial charge in [-0.25, -0.2) is 0 Å². The molecule has 0 bridgehead atoms. The molecule has 1 saturated heterocycles. The van der Waals surface area contributed by atoms with Crippen molar-refractivity contribution in [2.75, 3.05) is 19.6 Å². The Bertz CT molecular complexity index is 599. The lowest BCUT2D eigenvalue weighted by atomic mass is 9.90. The summed E-state index contributed by atoms with van der Waals surface area (Å²) in [5.74, 6) is 0. The number of aromatic nitrogens is 1. The van der Waals surface area contributed by atoms with Gasteiger partial charge in [-0.2, -0.15) is 0 Å². The molecule has 1 aliphatic heterocycles. The van der Waals surface area contributed by atoms with Crippen LogP contribution in [0.15, 0.2) is 36.5 Å². The third-order valence-corrected chi connectivity index (χ3v) is 4.94. The van der Waals surface area contributed by atoms with Gasteiger partial charge in [0.15, 0.2) is 0 Å². The lowest BCUT2D eigenvalue weighted by Crippen LogP contribution is -2.59. The maximum Gasteiger partial charge on any atom is 0.0705 e. The second-order valence-electron chi connectivity index (χ2n) is 6.11. The van der Waals surface area contributed by atoms with Gasteiger partial charge in [0, 0.05) is 43.3 Å². The number of hydrogen-bond acceptors (Lipinski definition) is 3. The first kappa shape index (κ1) is 14.5. The highest BCUT2D eigenvalue weighted by atomic mass is 15.2. The maximum absolute atomic E-state index is 4.47. The van der Waals surface area contributed by atoms with Gasteiger partial charge in [-0.1, -0.05) is 32.0 Å². The van der Waals surface area contributed by atoms with Crippen molar-refractivity contribution in [3.8, 4) is 0 Å². The van der Waals surface area contributed by atoms with Crippen LogP contribution in [-0.4, -0.2) is 35.1 Å². The summed E-state index contributed by atoms with van der Waals surface area (Å²) in [6.45, 7) is 8.95. The van der Waals surface area contributed by atoms with Crippen LogP contribution >= 0.6 is 0 Å². The molecule has 1 aromatic heterocycles. The fourth-order valence-electron chi connectivity index (χ4n) is 3.43. The number of fused-ring (bicyclic) bond motifs is 1. The first-order valence-corrected chi connectivity index (χ1v) is 8.06. The minimum atomic E-state index is 0.293. The third kappa shape index (κ3) is 2.94. The first-order valence-electron chi connectivity index (χ1n) is 8.06. The summed E-state index contributed by atoms with van der Waals surface area (Å²) in [6.07, 6.45) is 4.32. The molecule has 0 radical (unpaired) electrons. The van der Waals surface area contributed by atoms with Crippen LogP contribution in [0.1, 0.15) is 32.3 Å². The van der Waals surface area contributed by atoms with Crippen molar-refractivity contribution in [1.82, 2.24) is 15.2 Å². The number of hydrogen-bond donors (Lipinski definition) is 1. The first-order chi connectivity index (χ1) is 10.3. The molecule has 21 heavy (non-hydrogen) atoms. The van der Waals surface area contributed by atoms with Crippen LogP contribution in [0.2, 0.25) is 0 Å². The lowest BCUT2D eigenvalue weighted by Gasteiger charge is -2.43. The fourth-order valence-corrected chi connectivity index (χ4v) is 3.43. The molecule has 0 unspecified atom stereocenters. The highest BCUT2D eigenvalue weighted by molar-refractivity contribution is 5.81. The number of nitrogens with zero attached hydrogens (tertiary/aromatic N) is 2. The normalized spacial score (nSPS) is 19.0. The van der Waals surface area contributed by atoms with Crippen LogP contribution in [0.3, 0.4) is 0 Å². The fraction of sp³-hybridized carbons (Fsp3) is 0.500. The van der Waals surface area contributed by atoms with Crippen LogP contribution in [0, 0.1) is 0 Å². The summed E-state index contributed by atoms with van der Waals surface area (Å²) in [7, 11) is 0. The van der Waals surface area contributed by atoms with Crippen LogP contribution in [0.4, 0.5) is 0 Å². The van der Waals surface area contributed by atoms with Gasteiger partial charge in [-0.3, -0.25) is 9.88 Å². The number of para-hydroxylation sites is 1. The highest BCUT2D eigenvalue weighted by Crippen LogP contribution is 2.23. The molecule has 0 spiro atoms. The molecule has 0 amide bonds. The molecule has 3 nitrogen and oxygen atoms in total. The van der Waals surface area contributed by atoms with Gasteiger partial charge in [-0.15, -0.1) is 0 Å². The van der Waals surface area contributed by atoms with E-state index < -0.39 is 0 Å². The zero-order chi connectivity index (χ0) is 14.7. The summed E-state index contributed by atoms with van der Waals surface area (Å²) in [5, 5.41) is 5.02. The van der Waals surface area contributed by atoms with E-state index in [1.165, 1.54) is 23.8 Å². The zero-order valence-electron chi connectivity index (χ0n) is 13.1. The SMILES string of the molecule is CCC1(CC)CN(Cc2ccnc3ccccc23)CCN1. The minimum absolute atomic E-state index is 0.293. The van der Waals surface area contributed by atoms with E-state index in [1.807, 2.05) is 6.20 Å². The number of benzene rings is 1. The average molecular weight is 283 g/mol. The van der Waals surface area contributed by atoms with E-state index in [-0.39, 0.29) is 0 Å². The van der Waals surface area contributed by atoms with Gasteiger partial charge < -0.3 is 5.32 Å². The van der Waals surface area contributed by atoms with Gasteiger partial charge >= 0.3 is 0 Å². The molecule has 0 saturated carbocycles. The summed E-state index contributed by atoms with van der Waals surface area (Å²) < 4.78 is 0. The molecule has 1 aliphatic rings. The maximum atomic E-state index is 4.47. The molecule has 1 N–H and O–H groups in total. The Morgan fingerprint density at radius 1 is 1.19 bits per heavy atom. The van der Waals surface area contributed by atoms with Gasteiger partial charge in [0.2, 0.25) is 0 Å². The van der Waals surface area contributed by atoms with Crippen molar-refractivity contribution < 1.29 is 0 Å². The van der Waals surface area contributed by atoms with Crippen LogP contribution in [0.25, 0.3) is 10.9 Å². The van der Waals surface area contributed by atoms with E-state index in [2.05, 4.69) is 59.4 Å². The molecule has 1 aromatic carbocycles. The molecule has 112 valence electrons. The Morgan fingerprint density at radius 3 is 2.81 bits per heavy atom. The van der Waals surface area contributed by atoms with Gasteiger partial charge in [-0.05, 0) is 30.5 Å². The van der Waals surface area contributed by atoms with E-state index in [0.29, 0.717) is 5.54 Å². The van der Waals surface area contributed by atoms with Gasteiger partial charge in [0.25, 0.3) is 0 Å². The smallest absolute Gasteiger partial charge is 0.0705 e. The molecule has 2 aromatic rings. The quantitative estimate of drug-likeness (QED) is 0.934. The Morgan fingerprint density at radius 2 is 2.00 bits per heavy atom. The number of nitrogens with one attached hydrogen (secondary N) is 1. The zero-order valence-corrected chi connectivity index (χ0v) is 13.1. The number of piperazine rings is 1. The topological polar surface area (TPSA) is 28.2 Å². The summed E-state index contributed by atoms with van der Waals surface area (Å²) >= 11 is 0. The second kappa shape index (κ2) is 6.12. The molecule has 3 rings (SSSR count). The average Bonchev–Trinajstić information content (AvgIpc) is 2.55. The predicted octanol–water partition coefficient (Wildman–Crippen LogP) is 3.20. The van der Waals surface area contributed by atoms with Gasteiger partial charge in [0.1, 0.15) is 0 Å². The molecule has 3 heteroatoms. The van der Waals surface area contributed by atoms with Crippen LogP contribution < -0.4 is 5.32 Å². The Kier molecular flexibility index (Phi) is 4.22. The van der Waals surface area contributed by atoms with Crippen molar-refractivity contribution in [2.24, 2.45) is 0 Å². The van der Waals surface area contributed by atoms with Crippen molar-refractivity contribution in [3.05, 3.63) is 42.1 Å². The van der Waals surface area contributed by atoms with E-state index in [4.69, 9.17) is 0 Å². The molecular formula is C18H25N3. The molecule has 2 heterocycles. The van der Waals surface area contributed by atoms with E-state index in [9.17, 15) is 0 Å². The van der Waals surface area contributed by atoms with E-state index >= 15 is 0 Å². The van der Waals surface area contributed by atoms with Crippen LogP contribution in [0.5, 0.6) is 0 Å². The number of pyridine rings is 1. The van der Waals surface area contributed by atoms with Crippen molar-refractivity contribution in [1.29, 1.82) is 0 Å². The molecular weight excluding hydrogens is 258 g/mol. The summed E-state index contributed by atoms with van der Waals surface area (Å²) in [5.41, 5.74) is 2.78. The molecule has 1 fully saturated rings. The Hall–Kier alpha value is -1.45. The molecule has 0 atom stereocenters. The predicted molar refractivity (Wildman–Crippen MR) is 88.3 cm³/mol. The van der Waals surface area contributed by atoms with E-state index in [0.717, 1.165) is 31.7 Å². The Labute approximate surface area is 127 Å². The lowest BCUT2D eigenvalue weighted by molar-refractivity contribution is 0.118. The third-order valence-electron chi connectivity index (χ3n) is 4.94. The minimum Gasteiger partial charge on any atom is -0.309 e. The van der Waals surface area contributed by atoms with E-state index in [1.54, 1.807) is 0 Å². The largest absolute Gasteiger partial charge is 0.309 e. The van der Waals surface area contributed by atoms with Crippen molar-refractivity contribution >= 4 is 10.9 Å². The van der Waals surface area contributed by atoms with Gasteiger partial charge in [0.05, 0.1) is 5.52 Å². The van der Waals surface area contributed by atoms with Crippen molar-refractivity contribution in [2.45, 2.75) is 38.8 Å². The second-order valence-corrected chi connectivity index (χ2v) is 6.11. The summed E-state index contributed by atoms with van der Waals surface area (Å²) in [4.78, 5) is 7.05. The summed E-state index contributed by atoms with van der Waals surface area (Å²) in [6, 6.07) is 10.6. The van der Waals surface area contributed by atoms with Crippen LogP contribution in [-0.2, 0) is 6.54 Å².